The number of pyridine rings is 1. The van der Waals surface area contributed by atoms with Gasteiger partial charge in [0.2, 0.25) is 0 Å². The Labute approximate surface area is 267 Å². The lowest BCUT2D eigenvalue weighted by atomic mass is 9.74. The third kappa shape index (κ3) is 3.85. The molecule has 0 saturated carbocycles. The number of hydrogen-bond acceptors (Lipinski definition) is 5. The zero-order valence-electron chi connectivity index (χ0n) is 25.6. The average molecular weight is 595 g/mol. The average Bonchev–Trinajstić information content (AvgIpc) is 3.62. The van der Waals surface area contributed by atoms with E-state index in [1.54, 1.807) is 0 Å². The number of furan rings is 1. The first-order chi connectivity index (χ1) is 22.6. The van der Waals surface area contributed by atoms with Crippen molar-refractivity contribution in [2.75, 3.05) is 7.05 Å². The highest BCUT2D eigenvalue weighted by atomic mass is 16.3. The number of para-hydroxylation sites is 1. The summed E-state index contributed by atoms with van der Waals surface area (Å²) < 4.78 is 6.36. The van der Waals surface area contributed by atoms with E-state index in [4.69, 9.17) is 14.4 Å². The van der Waals surface area contributed by atoms with Crippen molar-refractivity contribution in [1.29, 1.82) is 0 Å². The Hall–Kier alpha value is -5.81. The molecule has 2 aliphatic rings. The smallest absolute Gasteiger partial charge is 0.159 e. The van der Waals surface area contributed by atoms with Gasteiger partial charge in [-0.2, -0.15) is 0 Å². The first-order valence-electron chi connectivity index (χ1n) is 15.6. The van der Waals surface area contributed by atoms with Crippen LogP contribution in [0.2, 0.25) is 0 Å². The highest BCUT2D eigenvalue weighted by Gasteiger charge is 2.43. The fraction of sp³-hybridized carbons (Fsp3) is 0.0976. The van der Waals surface area contributed by atoms with Crippen LogP contribution in [0.4, 0.5) is 0 Å². The van der Waals surface area contributed by atoms with Gasteiger partial charge in [0.25, 0.3) is 0 Å². The number of rotatable bonds is 4. The molecule has 0 bridgehead atoms. The number of nitrogens with zero attached hydrogens (tertiary/aromatic N) is 4. The van der Waals surface area contributed by atoms with Crippen LogP contribution < -0.4 is 0 Å². The van der Waals surface area contributed by atoms with Crippen molar-refractivity contribution in [1.82, 2.24) is 9.88 Å². The predicted octanol–water partition coefficient (Wildman–Crippen LogP) is 9.15. The van der Waals surface area contributed by atoms with Gasteiger partial charge in [0, 0.05) is 35.0 Å². The van der Waals surface area contributed by atoms with Crippen LogP contribution in [0, 0.1) is 0 Å². The molecule has 0 fully saturated rings. The van der Waals surface area contributed by atoms with Gasteiger partial charge in [-0.15, -0.1) is 0 Å². The summed E-state index contributed by atoms with van der Waals surface area (Å²) >= 11 is 0. The number of hydrogen-bond donors (Lipinski definition) is 0. The monoisotopic (exact) mass is 594 g/mol. The third-order valence-corrected chi connectivity index (χ3v) is 9.67. The fourth-order valence-corrected chi connectivity index (χ4v) is 7.38. The predicted molar refractivity (Wildman–Crippen MR) is 185 cm³/mol. The highest BCUT2D eigenvalue weighted by molar-refractivity contribution is 6.15. The van der Waals surface area contributed by atoms with Crippen molar-refractivity contribution < 1.29 is 4.42 Å². The van der Waals surface area contributed by atoms with E-state index in [2.05, 4.69) is 115 Å². The number of fused-ring (bicyclic) bond motifs is 7. The lowest BCUT2D eigenvalue weighted by Gasteiger charge is -2.33. The molecule has 0 amide bonds. The SMILES string of the molecule is CN1C(c2ccccn2)=NC(c2ccccc2)=NC1c1ccc2c(c1)C(C)(c1ccccc1)c1ccc3oc4ccccc4c3c1-2. The summed E-state index contributed by atoms with van der Waals surface area (Å²) in [4.78, 5) is 17.1. The van der Waals surface area contributed by atoms with Crippen molar-refractivity contribution >= 4 is 33.6 Å². The first kappa shape index (κ1) is 26.6. The maximum Gasteiger partial charge on any atom is 0.159 e. The number of amidine groups is 2. The molecular weight excluding hydrogens is 564 g/mol. The van der Waals surface area contributed by atoms with Crippen LogP contribution >= 0.6 is 0 Å². The normalized spacial score (nSPS) is 18.7. The molecule has 220 valence electrons. The number of aromatic nitrogens is 1. The van der Waals surface area contributed by atoms with Gasteiger partial charge in [-0.05, 0) is 70.6 Å². The summed E-state index contributed by atoms with van der Waals surface area (Å²) in [5.74, 6) is 1.49. The molecule has 0 radical (unpaired) electrons. The standard InChI is InChI=1S/C41H30N4O/c1-41(28-15-7-4-8-16-28)31-22-23-35-37(30-17-9-10-19-34(30)46-35)36(31)29-21-20-27(25-32(29)41)39-43-38(26-13-5-3-6-14-26)44-40(45(39)2)33-18-11-12-24-42-33/h3-25,39H,1-2H3. The van der Waals surface area contributed by atoms with Crippen molar-refractivity contribution in [2.45, 2.75) is 18.5 Å². The summed E-state index contributed by atoms with van der Waals surface area (Å²) in [6.45, 7) is 2.36. The lowest BCUT2D eigenvalue weighted by Crippen LogP contribution is -2.36. The molecule has 2 atom stereocenters. The molecule has 3 heterocycles. The van der Waals surface area contributed by atoms with Crippen molar-refractivity contribution in [3.8, 4) is 11.1 Å². The van der Waals surface area contributed by atoms with Gasteiger partial charge >= 0.3 is 0 Å². The van der Waals surface area contributed by atoms with E-state index >= 15 is 0 Å². The van der Waals surface area contributed by atoms with E-state index in [0.717, 1.165) is 39.2 Å². The molecule has 0 spiro atoms. The fourth-order valence-electron chi connectivity index (χ4n) is 7.38. The van der Waals surface area contributed by atoms with Crippen LogP contribution in [0.3, 0.4) is 0 Å². The Morgan fingerprint density at radius 3 is 2.28 bits per heavy atom. The van der Waals surface area contributed by atoms with Gasteiger partial charge in [0.15, 0.2) is 17.8 Å². The Morgan fingerprint density at radius 2 is 1.48 bits per heavy atom. The van der Waals surface area contributed by atoms with Crippen molar-refractivity contribution in [3.63, 3.8) is 0 Å². The van der Waals surface area contributed by atoms with Gasteiger partial charge in [-0.1, -0.05) is 103 Å². The molecule has 1 aliphatic carbocycles. The highest BCUT2D eigenvalue weighted by Crippen LogP contribution is 2.56. The zero-order valence-corrected chi connectivity index (χ0v) is 25.6. The maximum atomic E-state index is 6.36. The van der Waals surface area contributed by atoms with E-state index in [1.807, 2.05) is 48.7 Å². The van der Waals surface area contributed by atoms with E-state index in [-0.39, 0.29) is 11.6 Å². The Kier molecular flexibility index (Phi) is 5.84. The summed E-state index contributed by atoms with van der Waals surface area (Å²) in [7, 11) is 2.06. The number of aliphatic imine (C=N–C) groups is 2. The van der Waals surface area contributed by atoms with Gasteiger partial charge < -0.3 is 9.32 Å². The minimum atomic E-state index is -0.383. The van der Waals surface area contributed by atoms with Gasteiger partial charge in [-0.25, -0.2) is 9.98 Å². The second-order valence-electron chi connectivity index (χ2n) is 12.2. The van der Waals surface area contributed by atoms with Crippen LogP contribution in [-0.2, 0) is 5.41 Å². The molecule has 1 aliphatic heterocycles. The lowest BCUT2D eigenvalue weighted by molar-refractivity contribution is 0.381. The molecule has 0 saturated heterocycles. The van der Waals surface area contributed by atoms with Crippen molar-refractivity contribution in [3.05, 3.63) is 173 Å². The van der Waals surface area contributed by atoms with Crippen LogP contribution in [0.1, 0.15) is 46.6 Å². The quantitative estimate of drug-likeness (QED) is 0.204. The van der Waals surface area contributed by atoms with Crippen LogP contribution in [0.15, 0.2) is 154 Å². The topological polar surface area (TPSA) is 54.0 Å². The Balaban J connectivity index is 1.28. The summed E-state index contributed by atoms with van der Waals surface area (Å²) in [5.41, 5.74) is 10.6. The first-order valence-corrected chi connectivity index (χ1v) is 15.6. The zero-order chi connectivity index (χ0) is 30.8. The van der Waals surface area contributed by atoms with Crippen LogP contribution in [0.5, 0.6) is 0 Å². The second kappa shape index (κ2) is 10.1. The van der Waals surface area contributed by atoms with E-state index < -0.39 is 0 Å². The minimum absolute atomic E-state index is 0.298. The van der Waals surface area contributed by atoms with Crippen LogP contribution in [-0.4, -0.2) is 28.6 Å². The molecule has 2 unspecified atom stereocenters. The largest absolute Gasteiger partial charge is 0.456 e. The minimum Gasteiger partial charge on any atom is -0.456 e. The molecule has 7 aromatic rings. The van der Waals surface area contributed by atoms with E-state index in [9.17, 15) is 0 Å². The molecule has 2 aromatic heterocycles. The molecule has 46 heavy (non-hydrogen) atoms. The van der Waals surface area contributed by atoms with Gasteiger partial charge in [0.1, 0.15) is 16.9 Å². The van der Waals surface area contributed by atoms with E-state index in [0.29, 0.717) is 5.84 Å². The van der Waals surface area contributed by atoms with Gasteiger partial charge in [0.05, 0.1) is 0 Å². The maximum absolute atomic E-state index is 6.36. The number of benzene rings is 5. The molecule has 9 rings (SSSR count). The van der Waals surface area contributed by atoms with Gasteiger partial charge in [-0.3, -0.25) is 4.98 Å². The van der Waals surface area contributed by atoms with E-state index in [1.165, 1.54) is 33.2 Å². The molecule has 0 N–H and O–H groups in total. The van der Waals surface area contributed by atoms with Crippen molar-refractivity contribution in [2.24, 2.45) is 9.98 Å². The second-order valence-corrected chi connectivity index (χ2v) is 12.2. The van der Waals surface area contributed by atoms with Crippen LogP contribution in [0.25, 0.3) is 33.1 Å². The molecule has 5 aromatic carbocycles. The third-order valence-electron chi connectivity index (χ3n) is 9.67. The summed E-state index contributed by atoms with van der Waals surface area (Å²) in [5, 5.41) is 2.31. The summed E-state index contributed by atoms with van der Waals surface area (Å²) in [6, 6.07) is 46.6. The Bertz CT molecular complexity index is 2340. The molecular formula is C41H30N4O. The molecule has 5 heteroatoms. The Morgan fingerprint density at radius 1 is 0.717 bits per heavy atom. The molecule has 5 nitrogen and oxygen atoms in total. The summed E-state index contributed by atoms with van der Waals surface area (Å²) in [6.07, 6.45) is 1.51.